The van der Waals surface area contributed by atoms with Crippen LogP contribution in [0.3, 0.4) is 0 Å². The molecule has 0 radical (unpaired) electrons. The van der Waals surface area contributed by atoms with E-state index in [2.05, 4.69) is 20.4 Å². The molecular weight excluding hydrogens is 312 g/mol. The molecule has 0 saturated heterocycles. The highest BCUT2D eigenvalue weighted by atomic mass is 32.1. The van der Waals surface area contributed by atoms with Crippen LogP contribution in [0.15, 0.2) is 46.6 Å². The first kappa shape index (κ1) is 15.4. The smallest absolute Gasteiger partial charge is 0.227 e. The van der Waals surface area contributed by atoms with Crippen LogP contribution in [0, 0.1) is 0 Å². The number of aryl methyl sites for hydroxylation is 1. The maximum Gasteiger partial charge on any atom is 0.227 e. The van der Waals surface area contributed by atoms with Crippen LogP contribution in [0.25, 0.3) is 10.7 Å². The maximum atomic E-state index is 12.0. The largest absolute Gasteiger partial charge is 0.350 e. The fourth-order valence-corrected chi connectivity index (χ4v) is 2.76. The van der Waals surface area contributed by atoms with Crippen molar-refractivity contribution in [3.8, 4) is 10.7 Å². The molecule has 23 heavy (non-hydrogen) atoms. The fraction of sp³-hybridized carbons (Fsp3) is 0.250. The summed E-state index contributed by atoms with van der Waals surface area (Å²) < 4.78 is 5.18. The molecule has 0 saturated carbocycles. The summed E-state index contributed by atoms with van der Waals surface area (Å²) in [5.41, 5.74) is 0.971. The van der Waals surface area contributed by atoms with Crippen LogP contribution in [-0.2, 0) is 11.2 Å². The number of nitrogens with zero attached hydrogens (tertiary/aromatic N) is 3. The first-order valence-electron chi connectivity index (χ1n) is 7.28. The van der Waals surface area contributed by atoms with Gasteiger partial charge in [0, 0.05) is 25.2 Å². The molecule has 7 heteroatoms. The van der Waals surface area contributed by atoms with E-state index in [-0.39, 0.29) is 11.9 Å². The Morgan fingerprint density at radius 1 is 1.39 bits per heavy atom. The maximum absolute atomic E-state index is 12.0. The number of hydrogen-bond donors (Lipinski definition) is 1. The van der Waals surface area contributed by atoms with E-state index in [1.807, 2.05) is 36.6 Å². The molecule has 0 aromatic carbocycles. The lowest BCUT2D eigenvalue weighted by molar-refractivity contribution is -0.121. The van der Waals surface area contributed by atoms with Gasteiger partial charge in [0.25, 0.3) is 0 Å². The van der Waals surface area contributed by atoms with Crippen LogP contribution >= 0.6 is 11.3 Å². The van der Waals surface area contributed by atoms with Gasteiger partial charge in [-0.15, -0.1) is 11.3 Å². The number of carbonyl (C=O) groups is 1. The Labute approximate surface area is 137 Å². The summed E-state index contributed by atoms with van der Waals surface area (Å²) in [5.74, 6) is 0.981. The highest BCUT2D eigenvalue weighted by Crippen LogP contribution is 2.21. The molecule has 0 aliphatic heterocycles. The SMILES string of the molecule is C[C@H](NC(=O)CCc1nc(-c2cccs2)no1)c1cccnc1. The number of amides is 1. The summed E-state index contributed by atoms with van der Waals surface area (Å²) >= 11 is 1.55. The van der Waals surface area contributed by atoms with Crippen molar-refractivity contribution in [3.05, 3.63) is 53.5 Å². The number of pyridine rings is 1. The molecule has 3 aromatic heterocycles. The van der Waals surface area contributed by atoms with Gasteiger partial charge >= 0.3 is 0 Å². The van der Waals surface area contributed by atoms with Crippen LogP contribution in [0.2, 0.25) is 0 Å². The Bertz CT molecular complexity index is 756. The average Bonchev–Trinajstić information content (AvgIpc) is 3.25. The lowest BCUT2D eigenvalue weighted by Gasteiger charge is -2.13. The topological polar surface area (TPSA) is 80.9 Å². The zero-order chi connectivity index (χ0) is 16.1. The third kappa shape index (κ3) is 4.01. The minimum absolute atomic E-state index is 0.0581. The molecule has 1 N–H and O–H groups in total. The van der Waals surface area contributed by atoms with E-state index in [0.29, 0.717) is 24.6 Å². The molecular formula is C16H16N4O2S. The number of rotatable bonds is 6. The molecule has 3 rings (SSSR count). The predicted octanol–water partition coefficient (Wildman–Crippen LogP) is 3.00. The van der Waals surface area contributed by atoms with Crippen molar-refractivity contribution in [1.82, 2.24) is 20.4 Å². The van der Waals surface area contributed by atoms with Crippen LogP contribution in [0.1, 0.15) is 30.8 Å². The van der Waals surface area contributed by atoms with Crippen LogP contribution in [0.5, 0.6) is 0 Å². The monoisotopic (exact) mass is 328 g/mol. The molecule has 1 amide bonds. The van der Waals surface area contributed by atoms with E-state index < -0.39 is 0 Å². The summed E-state index contributed by atoms with van der Waals surface area (Å²) in [6.45, 7) is 1.93. The summed E-state index contributed by atoms with van der Waals surface area (Å²) in [6, 6.07) is 7.57. The van der Waals surface area contributed by atoms with Crippen LogP contribution < -0.4 is 5.32 Å². The second-order valence-electron chi connectivity index (χ2n) is 5.06. The molecule has 3 aromatic rings. The van der Waals surface area contributed by atoms with Gasteiger partial charge in [-0.2, -0.15) is 4.98 Å². The van der Waals surface area contributed by atoms with Gasteiger partial charge in [0.05, 0.1) is 10.9 Å². The minimum atomic E-state index is -0.0828. The van der Waals surface area contributed by atoms with Gasteiger partial charge in [0.1, 0.15) is 0 Å². The van der Waals surface area contributed by atoms with Gasteiger partial charge < -0.3 is 9.84 Å². The second kappa shape index (κ2) is 7.15. The van der Waals surface area contributed by atoms with Crippen molar-refractivity contribution in [2.24, 2.45) is 0 Å². The van der Waals surface area contributed by atoms with E-state index in [4.69, 9.17) is 4.52 Å². The van der Waals surface area contributed by atoms with Crippen molar-refractivity contribution < 1.29 is 9.32 Å². The lowest BCUT2D eigenvalue weighted by Crippen LogP contribution is -2.26. The van der Waals surface area contributed by atoms with E-state index in [1.54, 1.807) is 23.7 Å². The zero-order valence-electron chi connectivity index (χ0n) is 12.6. The first-order valence-corrected chi connectivity index (χ1v) is 8.16. The van der Waals surface area contributed by atoms with E-state index in [9.17, 15) is 4.79 Å². The number of thiophene rings is 1. The third-order valence-electron chi connectivity index (χ3n) is 3.34. The molecule has 0 bridgehead atoms. The molecule has 6 nitrogen and oxygen atoms in total. The lowest BCUT2D eigenvalue weighted by atomic mass is 10.1. The fourth-order valence-electron chi connectivity index (χ4n) is 2.11. The van der Waals surface area contributed by atoms with E-state index >= 15 is 0 Å². The Morgan fingerprint density at radius 3 is 3.04 bits per heavy atom. The Morgan fingerprint density at radius 2 is 2.30 bits per heavy atom. The average molecular weight is 328 g/mol. The molecule has 0 aliphatic rings. The van der Waals surface area contributed by atoms with E-state index in [1.165, 1.54) is 0 Å². The van der Waals surface area contributed by atoms with E-state index in [0.717, 1.165) is 10.4 Å². The van der Waals surface area contributed by atoms with Crippen molar-refractivity contribution in [2.45, 2.75) is 25.8 Å². The van der Waals surface area contributed by atoms with Gasteiger partial charge in [-0.25, -0.2) is 0 Å². The number of carbonyl (C=O) groups excluding carboxylic acids is 1. The first-order chi connectivity index (χ1) is 11.2. The molecule has 3 heterocycles. The normalized spacial score (nSPS) is 12.0. The molecule has 0 fully saturated rings. The highest BCUT2D eigenvalue weighted by molar-refractivity contribution is 7.13. The number of nitrogens with one attached hydrogen (secondary N) is 1. The van der Waals surface area contributed by atoms with Crippen molar-refractivity contribution >= 4 is 17.2 Å². The number of hydrogen-bond acceptors (Lipinski definition) is 6. The molecule has 1 atom stereocenters. The quantitative estimate of drug-likeness (QED) is 0.752. The predicted molar refractivity (Wildman–Crippen MR) is 86.7 cm³/mol. The summed E-state index contributed by atoms with van der Waals surface area (Å²) in [5, 5.41) is 8.82. The molecule has 0 spiro atoms. The Kier molecular flexibility index (Phi) is 4.77. The molecule has 0 unspecified atom stereocenters. The highest BCUT2D eigenvalue weighted by Gasteiger charge is 2.13. The Balaban J connectivity index is 1.51. The zero-order valence-corrected chi connectivity index (χ0v) is 13.4. The second-order valence-corrected chi connectivity index (χ2v) is 6.01. The van der Waals surface area contributed by atoms with Gasteiger partial charge in [-0.1, -0.05) is 17.3 Å². The summed E-state index contributed by atoms with van der Waals surface area (Å²) in [6.07, 6.45) is 4.18. The van der Waals surface area contributed by atoms with Gasteiger partial charge in [-0.3, -0.25) is 9.78 Å². The summed E-state index contributed by atoms with van der Waals surface area (Å²) in [7, 11) is 0. The standard InChI is InChI=1S/C16H16N4O2S/c1-11(12-4-2-8-17-10-12)18-14(21)6-7-15-19-16(20-22-15)13-5-3-9-23-13/h2-5,8-11H,6-7H2,1H3,(H,18,21)/t11-/m0/s1. The van der Waals surface area contributed by atoms with Crippen LogP contribution in [-0.4, -0.2) is 21.0 Å². The van der Waals surface area contributed by atoms with Gasteiger partial charge in [0.2, 0.25) is 17.6 Å². The van der Waals surface area contributed by atoms with Gasteiger partial charge in [-0.05, 0) is 30.0 Å². The van der Waals surface area contributed by atoms with Crippen LogP contribution in [0.4, 0.5) is 0 Å². The van der Waals surface area contributed by atoms with Crippen molar-refractivity contribution in [1.29, 1.82) is 0 Å². The van der Waals surface area contributed by atoms with Gasteiger partial charge in [0.15, 0.2) is 0 Å². The minimum Gasteiger partial charge on any atom is -0.350 e. The summed E-state index contributed by atoms with van der Waals surface area (Å²) in [4.78, 5) is 21.3. The third-order valence-corrected chi connectivity index (χ3v) is 4.20. The molecule has 118 valence electrons. The van der Waals surface area contributed by atoms with Crippen molar-refractivity contribution in [3.63, 3.8) is 0 Å². The van der Waals surface area contributed by atoms with Crippen molar-refractivity contribution in [2.75, 3.05) is 0 Å². The Hall–Kier alpha value is -2.54. The number of aromatic nitrogens is 3. The molecule has 0 aliphatic carbocycles.